The van der Waals surface area contributed by atoms with Crippen molar-refractivity contribution in [1.29, 1.82) is 0 Å². The summed E-state index contributed by atoms with van der Waals surface area (Å²) >= 11 is 0. The van der Waals surface area contributed by atoms with Crippen LogP contribution in [0.4, 0.5) is 0 Å². The van der Waals surface area contributed by atoms with E-state index in [0.717, 1.165) is 25.7 Å². The third-order valence-electron chi connectivity index (χ3n) is 4.92. The topological polar surface area (TPSA) is 46.3 Å². The van der Waals surface area contributed by atoms with E-state index in [0.29, 0.717) is 13.1 Å². The van der Waals surface area contributed by atoms with Crippen LogP contribution in [0.5, 0.6) is 0 Å². The van der Waals surface area contributed by atoms with Crippen LogP contribution in [0.15, 0.2) is 24.3 Å². The molecule has 0 aromatic heterocycles. The summed E-state index contributed by atoms with van der Waals surface area (Å²) in [6.45, 7) is 3.25. The Morgan fingerprint density at radius 2 is 1.81 bits per heavy atom. The van der Waals surface area contributed by atoms with Crippen molar-refractivity contribution in [2.75, 3.05) is 13.6 Å². The summed E-state index contributed by atoms with van der Waals surface area (Å²) in [5.74, 6) is 0.232. The van der Waals surface area contributed by atoms with Gasteiger partial charge in [0.15, 0.2) is 0 Å². The Balaban J connectivity index is 2.11. The van der Waals surface area contributed by atoms with Gasteiger partial charge in [-0.3, -0.25) is 4.79 Å². The fourth-order valence-electron chi connectivity index (χ4n) is 3.43. The number of hydrogen-bond donors (Lipinski definition) is 1. The first-order chi connectivity index (χ1) is 10.1. The lowest BCUT2D eigenvalue weighted by Crippen LogP contribution is -2.46. The number of nitrogens with zero attached hydrogens (tertiary/aromatic N) is 1. The van der Waals surface area contributed by atoms with Gasteiger partial charge in [-0.2, -0.15) is 0 Å². The zero-order valence-corrected chi connectivity index (χ0v) is 13.4. The number of rotatable bonds is 4. The number of carbonyl (C=O) groups excluding carboxylic acids is 1. The van der Waals surface area contributed by atoms with Gasteiger partial charge in [-0.05, 0) is 30.9 Å². The van der Waals surface area contributed by atoms with Crippen LogP contribution < -0.4 is 5.73 Å². The first kappa shape index (κ1) is 16.0. The molecule has 2 rings (SSSR count). The molecule has 1 aromatic carbocycles. The van der Waals surface area contributed by atoms with Crippen LogP contribution in [-0.2, 0) is 11.3 Å². The maximum absolute atomic E-state index is 13.0. The first-order valence-electron chi connectivity index (χ1n) is 8.09. The van der Waals surface area contributed by atoms with Crippen LogP contribution in [0, 0.1) is 12.3 Å². The molecule has 0 aliphatic heterocycles. The molecule has 21 heavy (non-hydrogen) atoms. The Hall–Kier alpha value is -1.35. The minimum atomic E-state index is -0.325. The Kier molecular flexibility index (Phi) is 5.40. The number of nitrogens with two attached hydrogens (primary N) is 1. The molecule has 1 fully saturated rings. The zero-order chi connectivity index (χ0) is 15.3. The second kappa shape index (κ2) is 7.08. The van der Waals surface area contributed by atoms with Crippen molar-refractivity contribution < 1.29 is 4.79 Å². The molecule has 0 bridgehead atoms. The van der Waals surface area contributed by atoms with Gasteiger partial charge in [0, 0.05) is 20.1 Å². The summed E-state index contributed by atoms with van der Waals surface area (Å²) in [6.07, 6.45) is 6.61. The predicted octanol–water partition coefficient (Wildman–Crippen LogP) is 3.25. The zero-order valence-electron chi connectivity index (χ0n) is 13.4. The summed E-state index contributed by atoms with van der Waals surface area (Å²) in [7, 11) is 1.91. The third-order valence-corrected chi connectivity index (χ3v) is 4.92. The normalized spacial score (nSPS) is 18.0. The van der Waals surface area contributed by atoms with Crippen molar-refractivity contribution in [2.24, 2.45) is 11.1 Å². The lowest BCUT2D eigenvalue weighted by Gasteiger charge is -2.34. The van der Waals surface area contributed by atoms with Crippen molar-refractivity contribution in [2.45, 2.75) is 52.0 Å². The molecule has 0 saturated heterocycles. The van der Waals surface area contributed by atoms with Gasteiger partial charge in [-0.1, -0.05) is 49.9 Å². The lowest BCUT2D eigenvalue weighted by molar-refractivity contribution is -0.141. The van der Waals surface area contributed by atoms with E-state index in [9.17, 15) is 4.79 Å². The molecule has 116 valence electrons. The minimum absolute atomic E-state index is 0.232. The summed E-state index contributed by atoms with van der Waals surface area (Å²) in [4.78, 5) is 14.8. The fraction of sp³-hybridized carbons (Fsp3) is 0.611. The van der Waals surface area contributed by atoms with E-state index in [4.69, 9.17) is 5.73 Å². The molecule has 1 amide bonds. The monoisotopic (exact) mass is 288 g/mol. The average Bonchev–Trinajstić information content (AvgIpc) is 2.75. The van der Waals surface area contributed by atoms with Gasteiger partial charge in [0.25, 0.3) is 0 Å². The standard InChI is InChI=1S/C18H28N2O/c1-15-9-5-6-10-16(15)13-20(2)17(21)18(14-19)11-7-3-4-8-12-18/h5-6,9-10H,3-4,7-8,11-14,19H2,1-2H3. The van der Waals surface area contributed by atoms with Crippen molar-refractivity contribution in [3.8, 4) is 0 Å². The van der Waals surface area contributed by atoms with Crippen LogP contribution in [0.1, 0.15) is 49.7 Å². The maximum atomic E-state index is 13.0. The van der Waals surface area contributed by atoms with E-state index >= 15 is 0 Å². The molecule has 0 heterocycles. The summed E-state index contributed by atoms with van der Waals surface area (Å²) < 4.78 is 0. The number of amides is 1. The minimum Gasteiger partial charge on any atom is -0.341 e. The molecule has 1 aliphatic rings. The fourth-order valence-corrected chi connectivity index (χ4v) is 3.43. The largest absolute Gasteiger partial charge is 0.341 e. The first-order valence-corrected chi connectivity index (χ1v) is 8.09. The third kappa shape index (κ3) is 3.65. The molecule has 0 atom stereocenters. The SMILES string of the molecule is Cc1ccccc1CN(C)C(=O)C1(CN)CCCCCC1. The Morgan fingerprint density at radius 3 is 2.38 bits per heavy atom. The van der Waals surface area contributed by atoms with E-state index in [2.05, 4.69) is 19.1 Å². The molecular formula is C18H28N2O. The van der Waals surface area contributed by atoms with Gasteiger partial charge in [0.1, 0.15) is 0 Å². The highest BCUT2D eigenvalue weighted by atomic mass is 16.2. The summed E-state index contributed by atoms with van der Waals surface area (Å²) in [5, 5.41) is 0. The second-order valence-electron chi connectivity index (χ2n) is 6.49. The Bertz CT molecular complexity index is 476. The van der Waals surface area contributed by atoms with Crippen LogP contribution >= 0.6 is 0 Å². The smallest absolute Gasteiger partial charge is 0.230 e. The highest BCUT2D eigenvalue weighted by molar-refractivity contribution is 5.82. The van der Waals surface area contributed by atoms with Gasteiger partial charge in [-0.25, -0.2) is 0 Å². The molecule has 3 nitrogen and oxygen atoms in total. The molecule has 0 spiro atoms. The summed E-state index contributed by atoms with van der Waals surface area (Å²) in [5.41, 5.74) is 8.15. The average molecular weight is 288 g/mol. The number of carbonyl (C=O) groups is 1. The molecule has 1 aromatic rings. The molecule has 3 heteroatoms. The van der Waals surface area contributed by atoms with Crippen LogP contribution in [-0.4, -0.2) is 24.4 Å². The maximum Gasteiger partial charge on any atom is 0.230 e. The van der Waals surface area contributed by atoms with Gasteiger partial charge in [0.2, 0.25) is 5.91 Å². The van der Waals surface area contributed by atoms with Gasteiger partial charge >= 0.3 is 0 Å². The van der Waals surface area contributed by atoms with Gasteiger partial charge in [-0.15, -0.1) is 0 Å². The van der Waals surface area contributed by atoms with Crippen molar-refractivity contribution in [1.82, 2.24) is 4.90 Å². The van der Waals surface area contributed by atoms with E-state index in [1.807, 2.05) is 24.1 Å². The van der Waals surface area contributed by atoms with Gasteiger partial charge in [0.05, 0.1) is 5.41 Å². The van der Waals surface area contributed by atoms with E-state index in [-0.39, 0.29) is 11.3 Å². The summed E-state index contributed by atoms with van der Waals surface area (Å²) in [6, 6.07) is 8.26. The van der Waals surface area contributed by atoms with E-state index in [1.54, 1.807) is 0 Å². The van der Waals surface area contributed by atoms with Crippen molar-refractivity contribution >= 4 is 5.91 Å². The van der Waals surface area contributed by atoms with Crippen LogP contribution in [0.25, 0.3) is 0 Å². The molecule has 0 unspecified atom stereocenters. The number of hydrogen-bond acceptors (Lipinski definition) is 2. The van der Waals surface area contributed by atoms with Crippen molar-refractivity contribution in [3.63, 3.8) is 0 Å². The lowest BCUT2D eigenvalue weighted by atomic mass is 9.79. The van der Waals surface area contributed by atoms with E-state index in [1.165, 1.54) is 24.0 Å². The quantitative estimate of drug-likeness (QED) is 0.864. The molecular weight excluding hydrogens is 260 g/mol. The molecule has 0 radical (unpaired) electrons. The highest BCUT2D eigenvalue weighted by Gasteiger charge is 2.39. The predicted molar refractivity (Wildman–Crippen MR) is 86.8 cm³/mol. The molecule has 1 aliphatic carbocycles. The second-order valence-corrected chi connectivity index (χ2v) is 6.49. The Labute approximate surface area is 128 Å². The van der Waals surface area contributed by atoms with Crippen molar-refractivity contribution in [3.05, 3.63) is 35.4 Å². The number of aryl methyl sites for hydroxylation is 1. The molecule has 2 N–H and O–H groups in total. The highest BCUT2D eigenvalue weighted by Crippen LogP contribution is 2.36. The Morgan fingerprint density at radius 1 is 1.19 bits per heavy atom. The van der Waals surface area contributed by atoms with E-state index < -0.39 is 0 Å². The van der Waals surface area contributed by atoms with Crippen LogP contribution in [0.3, 0.4) is 0 Å². The van der Waals surface area contributed by atoms with Crippen LogP contribution in [0.2, 0.25) is 0 Å². The van der Waals surface area contributed by atoms with Gasteiger partial charge < -0.3 is 10.6 Å². The number of benzene rings is 1. The molecule has 1 saturated carbocycles.